The Hall–Kier alpha value is -0.820. The zero-order chi connectivity index (χ0) is 11.4. The minimum absolute atomic E-state index is 0.736. The molecule has 1 heterocycles. The second-order valence-corrected chi connectivity index (χ2v) is 5.43. The molecular formula is C15H23N. The zero-order valence-electron chi connectivity index (χ0n) is 10.4. The Bertz CT molecular complexity index is 304. The van der Waals surface area contributed by atoms with Gasteiger partial charge in [-0.1, -0.05) is 44.2 Å². The molecule has 88 valence electrons. The molecule has 16 heavy (non-hydrogen) atoms. The van der Waals surface area contributed by atoms with Crippen LogP contribution in [-0.4, -0.2) is 12.6 Å². The fraction of sp³-hybridized carbons (Fsp3) is 0.600. The van der Waals surface area contributed by atoms with Crippen LogP contribution >= 0.6 is 0 Å². The molecule has 0 aliphatic carbocycles. The van der Waals surface area contributed by atoms with Gasteiger partial charge in [-0.15, -0.1) is 0 Å². The maximum Gasteiger partial charge on any atom is 0.0101 e. The topological polar surface area (TPSA) is 12.0 Å². The molecule has 0 spiro atoms. The largest absolute Gasteiger partial charge is 0.314 e. The van der Waals surface area contributed by atoms with E-state index in [1.54, 1.807) is 0 Å². The van der Waals surface area contributed by atoms with Crippen LogP contribution in [0.25, 0.3) is 0 Å². The molecule has 0 amide bonds. The summed E-state index contributed by atoms with van der Waals surface area (Å²) in [5.41, 5.74) is 1.49. The standard InChI is InChI=1S/C15H23N/c1-12(2)10-15-14(8-9-16-15)11-13-6-4-3-5-7-13/h3-7,12,14-16H,8-11H2,1-2H3/t14-,15-/m0/s1. The summed E-state index contributed by atoms with van der Waals surface area (Å²) in [6.45, 7) is 5.84. The third kappa shape index (κ3) is 3.08. The maximum absolute atomic E-state index is 3.66. The zero-order valence-corrected chi connectivity index (χ0v) is 10.4. The lowest BCUT2D eigenvalue weighted by atomic mass is 9.88. The van der Waals surface area contributed by atoms with Gasteiger partial charge in [0.15, 0.2) is 0 Å². The minimum Gasteiger partial charge on any atom is -0.314 e. The predicted molar refractivity (Wildman–Crippen MR) is 69.5 cm³/mol. The van der Waals surface area contributed by atoms with Crippen molar-refractivity contribution >= 4 is 0 Å². The van der Waals surface area contributed by atoms with Gasteiger partial charge in [-0.25, -0.2) is 0 Å². The second-order valence-electron chi connectivity index (χ2n) is 5.43. The normalized spacial score (nSPS) is 25.2. The summed E-state index contributed by atoms with van der Waals surface area (Å²) in [6, 6.07) is 11.6. The number of hydrogen-bond donors (Lipinski definition) is 1. The second kappa shape index (κ2) is 5.49. The van der Waals surface area contributed by atoms with Crippen molar-refractivity contribution in [3.05, 3.63) is 35.9 Å². The number of benzene rings is 1. The van der Waals surface area contributed by atoms with Gasteiger partial charge in [-0.05, 0) is 43.2 Å². The van der Waals surface area contributed by atoms with E-state index in [1.165, 1.54) is 31.4 Å². The van der Waals surface area contributed by atoms with E-state index >= 15 is 0 Å². The summed E-state index contributed by atoms with van der Waals surface area (Å²) >= 11 is 0. The van der Waals surface area contributed by atoms with Gasteiger partial charge in [0, 0.05) is 6.04 Å². The van der Waals surface area contributed by atoms with Gasteiger partial charge < -0.3 is 5.32 Å². The molecule has 2 atom stereocenters. The van der Waals surface area contributed by atoms with Crippen LogP contribution in [0.15, 0.2) is 30.3 Å². The highest BCUT2D eigenvalue weighted by Crippen LogP contribution is 2.25. The minimum atomic E-state index is 0.736. The van der Waals surface area contributed by atoms with E-state index in [9.17, 15) is 0 Å². The molecule has 1 aromatic rings. The lowest BCUT2D eigenvalue weighted by Crippen LogP contribution is -2.29. The highest BCUT2D eigenvalue weighted by Gasteiger charge is 2.26. The van der Waals surface area contributed by atoms with E-state index in [0.717, 1.165) is 17.9 Å². The van der Waals surface area contributed by atoms with E-state index < -0.39 is 0 Å². The van der Waals surface area contributed by atoms with E-state index in [1.807, 2.05) is 0 Å². The average molecular weight is 217 g/mol. The summed E-state index contributed by atoms with van der Waals surface area (Å²) in [7, 11) is 0. The molecule has 1 nitrogen and oxygen atoms in total. The molecule has 1 saturated heterocycles. The molecule has 1 N–H and O–H groups in total. The molecule has 1 heteroatoms. The van der Waals surface area contributed by atoms with Crippen molar-refractivity contribution in [2.75, 3.05) is 6.54 Å². The molecular weight excluding hydrogens is 194 g/mol. The van der Waals surface area contributed by atoms with Gasteiger partial charge in [0.05, 0.1) is 0 Å². The molecule has 1 fully saturated rings. The van der Waals surface area contributed by atoms with Gasteiger partial charge in [-0.2, -0.15) is 0 Å². The average Bonchev–Trinajstić information content (AvgIpc) is 2.66. The number of nitrogens with one attached hydrogen (secondary N) is 1. The van der Waals surface area contributed by atoms with Gasteiger partial charge in [0.25, 0.3) is 0 Å². The van der Waals surface area contributed by atoms with Crippen molar-refractivity contribution in [1.29, 1.82) is 0 Å². The first-order valence-electron chi connectivity index (χ1n) is 6.53. The highest BCUT2D eigenvalue weighted by atomic mass is 14.9. The molecule has 0 saturated carbocycles. The molecule has 2 rings (SSSR count). The molecule has 0 bridgehead atoms. The molecule has 0 aromatic heterocycles. The van der Waals surface area contributed by atoms with Crippen molar-refractivity contribution in [1.82, 2.24) is 5.32 Å². The Morgan fingerprint density at radius 1 is 1.25 bits per heavy atom. The van der Waals surface area contributed by atoms with Gasteiger partial charge in [-0.3, -0.25) is 0 Å². The summed E-state index contributed by atoms with van der Waals surface area (Å²) in [5.74, 6) is 1.64. The molecule has 1 aliphatic rings. The lowest BCUT2D eigenvalue weighted by Gasteiger charge is -2.21. The van der Waals surface area contributed by atoms with Crippen LogP contribution < -0.4 is 5.32 Å². The van der Waals surface area contributed by atoms with E-state index in [2.05, 4.69) is 49.5 Å². The van der Waals surface area contributed by atoms with Crippen LogP contribution in [-0.2, 0) is 6.42 Å². The Kier molecular flexibility index (Phi) is 4.00. The SMILES string of the molecule is CC(C)C[C@@H]1NCC[C@H]1Cc1ccccc1. The van der Waals surface area contributed by atoms with Crippen molar-refractivity contribution < 1.29 is 0 Å². The first kappa shape index (κ1) is 11.7. The van der Waals surface area contributed by atoms with Crippen LogP contribution in [0, 0.1) is 11.8 Å². The van der Waals surface area contributed by atoms with Crippen molar-refractivity contribution in [3.63, 3.8) is 0 Å². The summed E-state index contributed by atoms with van der Waals surface area (Å²) in [4.78, 5) is 0. The maximum atomic E-state index is 3.66. The fourth-order valence-corrected chi connectivity index (χ4v) is 2.77. The van der Waals surface area contributed by atoms with Gasteiger partial charge in [0.2, 0.25) is 0 Å². The number of hydrogen-bond acceptors (Lipinski definition) is 1. The van der Waals surface area contributed by atoms with E-state index in [0.29, 0.717) is 0 Å². The quantitative estimate of drug-likeness (QED) is 0.816. The number of rotatable bonds is 4. The monoisotopic (exact) mass is 217 g/mol. The summed E-state index contributed by atoms with van der Waals surface area (Å²) in [6.07, 6.45) is 3.90. The first-order chi connectivity index (χ1) is 7.75. The summed E-state index contributed by atoms with van der Waals surface area (Å²) in [5, 5.41) is 3.66. The Morgan fingerprint density at radius 2 is 2.00 bits per heavy atom. The van der Waals surface area contributed by atoms with Crippen molar-refractivity contribution in [2.45, 2.75) is 39.2 Å². The van der Waals surface area contributed by atoms with Crippen LogP contribution in [0.4, 0.5) is 0 Å². The first-order valence-corrected chi connectivity index (χ1v) is 6.53. The smallest absolute Gasteiger partial charge is 0.0101 e. The third-order valence-electron chi connectivity index (χ3n) is 3.56. The highest BCUT2D eigenvalue weighted by molar-refractivity contribution is 5.16. The molecule has 1 aromatic carbocycles. The lowest BCUT2D eigenvalue weighted by molar-refractivity contribution is 0.375. The molecule has 1 aliphatic heterocycles. The van der Waals surface area contributed by atoms with Crippen LogP contribution in [0.1, 0.15) is 32.3 Å². The van der Waals surface area contributed by atoms with Crippen LogP contribution in [0.5, 0.6) is 0 Å². The van der Waals surface area contributed by atoms with Crippen molar-refractivity contribution in [2.24, 2.45) is 11.8 Å². The third-order valence-corrected chi connectivity index (χ3v) is 3.56. The molecule has 0 unspecified atom stereocenters. The van der Waals surface area contributed by atoms with E-state index in [4.69, 9.17) is 0 Å². The van der Waals surface area contributed by atoms with Gasteiger partial charge in [0.1, 0.15) is 0 Å². The fourth-order valence-electron chi connectivity index (χ4n) is 2.77. The van der Waals surface area contributed by atoms with Crippen LogP contribution in [0.3, 0.4) is 0 Å². The molecule has 0 radical (unpaired) electrons. The Morgan fingerprint density at radius 3 is 2.69 bits per heavy atom. The Balaban J connectivity index is 1.93. The Labute approximate surface area is 99.3 Å². The van der Waals surface area contributed by atoms with E-state index in [-0.39, 0.29) is 0 Å². The predicted octanol–water partition coefficient (Wildman–Crippen LogP) is 3.25. The summed E-state index contributed by atoms with van der Waals surface area (Å²) < 4.78 is 0. The van der Waals surface area contributed by atoms with Crippen molar-refractivity contribution in [3.8, 4) is 0 Å². The van der Waals surface area contributed by atoms with Gasteiger partial charge >= 0.3 is 0 Å². The van der Waals surface area contributed by atoms with Crippen LogP contribution in [0.2, 0.25) is 0 Å².